The average molecular weight is 201 g/mol. The first kappa shape index (κ1) is 11.5. The Morgan fingerprint density at radius 2 is 1.86 bits per heavy atom. The summed E-state index contributed by atoms with van der Waals surface area (Å²) in [6.07, 6.45) is -0.150. The Morgan fingerprint density at radius 3 is 2.21 bits per heavy atom. The molecule has 0 radical (unpaired) electrons. The van der Waals surface area contributed by atoms with E-state index in [2.05, 4.69) is 4.90 Å². The van der Waals surface area contributed by atoms with Crippen LogP contribution in [0.25, 0.3) is 0 Å². The molecule has 1 aliphatic heterocycles. The zero-order chi connectivity index (χ0) is 10.9. The molecule has 4 nitrogen and oxygen atoms in total. The third kappa shape index (κ3) is 2.07. The topological polar surface area (TPSA) is 60.8 Å². The number of aliphatic carboxylic acids is 1. The van der Waals surface area contributed by atoms with Gasteiger partial charge in [0.1, 0.15) is 0 Å². The lowest BCUT2D eigenvalue weighted by Crippen LogP contribution is -2.56. The number of hydrogen-bond acceptors (Lipinski definition) is 3. The summed E-state index contributed by atoms with van der Waals surface area (Å²) in [6, 6.07) is 0. The third-order valence-corrected chi connectivity index (χ3v) is 3.31. The monoisotopic (exact) mass is 201 g/mol. The first-order valence-corrected chi connectivity index (χ1v) is 4.99. The van der Waals surface area contributed by atoms with Gasteiger partial charge in [-0.3, -0.25) is 4.79 Å². The first-order chi connectivity index (χ1) is 6.36. The van der Waals surface area contributed by atoms with E-state index in [1.54, 1.807) is 0 Å². The van der Waals surface area contributed by atoms with Crippen LogP contribution in [-0.2, 0) is 4.79 Å². The van der Waals surface area contributed by atoms with Gasteiger partial charge in [0.15, 0.2) is 0 Å². The largest absolute Gasteiger partial charge is 0.481 e. The molecule has 0 aromatic carbocycles. The summed E-state index contributed by atoms with van der Waals surface area (Å²) < 4.78 is 0. The van der Waals surface area contributed by atoms with Crippen LogP contribution >= 0.6 is 0 Å². The van der Waals surface area contributed by atoms with Crippen molar-refractivity contribution >= 4 is 5.97 Å². The van der Waals surface area contributed by atoms with Crippen molar-refractivity contribution in [3.63, 3.8) is 0 Å². The van der Waals surface area contributed by atoms with E-state index in [0.717, 1.165) is 13.1 Å². The van der Waals surface area contributed by atoms with Gasteiger partial charge in [-0.2, -0.15) is 0 Å². The Hall–Kier alpha value is -0.610. The summed E-state index contributed by atoms with van der Waals surface area (Å²) in [4.78, 5) is 12.8. The van der Waals surface area contributed by atoms with Crippen LogP contribution in [0.5, 0.6) is 0 Å². The van der Waals surface area contributed by atoms with Gasteiger partial charge in [-0.15, -0.1) is 0 Å². The van der Waals surface area contributed by atoms with Gasteiger partial charge in [0.25, 0.3) is 0 Å². The van der Waals surface area contributed by atoms with Gasteiger partial charge in [-0.1, -0.05) is 13.8 Å². The quantitative estimate of drug-likeness (QED) is 0.679. The molecule has 1 saturated heterocycles. The molecule has 1 fully saturated rings. The smallest absolute Gasteiger partial charge is 0.306 e. The second-order valence-electron chi connectivity index (χ2n) is 4.59. The minimum atomic E-state index is -1.04. The van der Waals surface area contributed by atoms with Crippen LogP contribution in [0.1, 0.15) is 20.3 Å². The molecule has 0 aromatic heterocycles. The van der Waals surface area contributed by atoms with Crippen LogP contribution < -0.4 is 0 Å². The number of carboxylic acid groups (broad SMARTS) is 1. The zero-order valence-corrected chi connectivity index (χ0v) is 9.03. The number of piperidine rings is 1. The molecule has 2 atom stereocenters. The summed E-state index contributed by atoms with van der Waals surface area (Å²) in [5, 5.41) is 19.0. The number of rotatable bonds is 2. The molecule has 82 valence electrons. The van der Waals surface area contributed by atoms with E-state index in [-0.39, 0.29) is 18.3 Å². The average Bonchev–Trinajstić information content (AvgIpc) is 1.99. The molecule has 0 amide bonds. The lowest BCUT2D eigenvalue weighted by molar-refractivity contribution is -0.154. The van der Waals surface area contributed by atoms with Gasteiger partial charge in [0.05, 0.1) is 12.0 Å². The van der Waals surface area contributed by atoms with E-state index in [9.17, 15) is 9.90 Å². The fourth-order valence-electron chi connectivity index (χ4n) is 2.40. The molecule has 4 heteroatoms. The number of hydrogen-bond donors (Lipinski definition) is 2. The predicted molar refractivity (Wildman–Crippen MR) is 53.0 cm³/mol. The fourth-order valence-corrected chi connectivity index (χ4v) is 2.40. The molecule has 2 N–H and O–H groups in total. The second-order valence-corrected chi connectivity index (χ2v) is 4.59. The second kappa shape index (κ2) is 3.87. The highest BCUT2D eigenvalue weighted by molar-refractivity contribution is 5.68. The molecular weight excluding hydrogens is 182 g/mol. The van der Waals surface area contributed by atoms with Gasteiger partial charge in [-0.25, -0.2) is 0 Å². The maximum Gasteiger partial charge on any atom is 0.306 e. The van der Waals surface area contributed by atoms with Crippen LogP contribution in [0.2, 0.25) is 0 Å². The third-order valence-electron chi connectivity index (χ3n) is 3.31. The van der Waals surface area contributed by atoms with E-state index in [1.807, 2.05) is 20.9 Å². The van der Waals surface area contributed by atoms with Crippen molar-refractivity contribution in [1.29, 1.82) is 0 Å². The van der Waals surface area contributed by atoms with Gasteiger partial charge in [0.2, 0.25) is 0 Å². The Labute approximate surface area is 84.5 Å². The zero-order valence-electron chi connectivity index (χ0n) is 9.03. The molecule has 1 aliphatic rings. The Morgan fingerprint density at radius 1 is 1.43 bits per heavy atom. The Balaban J connectivity index is 2.78. The minimum absolute atomic E-state index is 0.00681. The summed E-state index contributed by atoms with van der Waals surface area (Å²) in [5.41, 5.74) is -1.04. The van der Waals surface area contributed by atoms with E-state index in [4.69, 9.17) is 5.11 Å². The number of aliphatic hydroxyl groups is 1. The fraction of sp³-hybridized carbons (Fsp3) is 0.900. The predicted octanol–water partition coefficient (Wildman–Crippen LogP) is 0.410. The summed E-state index contributed by atoms with van der Waals surface area (Å²) in [7, 11) is 1.99. The maximum atomic E-state index is 10.7. The SMILES string of the molecule is CC1CN(C)CC(C)C1(O)CC(=O)O. The molecule has 2 unspecified atom stereocenters. The van der Waals surface area contributed by atoms with E-state index in [0.29, 0.717) is 0 Å². The minimum Gasteiger partial charge on any atom is -0.481 e. The lowest BCUT2D eigenvalue weighted by Gasteiger charge is -2.46. The Kier molecular flexibility index (Phi) is 3.17. The lowest BCUT2D eigenvalue weighted by atomic mass is 9.73. The van der Waals surface area contributed by atoms with Crippen molar-refractivity contribution in [3.05, 3.63) is 0 Å². The van der Waals surface area contributed by atoms with Gasteiger partial charge in [-0.05, 0) is 18.9 Å². The van der Waals surface area contributed by atoms with Crippen molar-refractivity contribution in [2.75, 3.05) is 20.1 Å². The highest BCUT2D eigenvalue weighted by Crippen LogP contribution is 2.34. The van der Waals surface area contributed by atoms with Crippen LogP contribution in [-0.4, -0.2) is 46.8 Å². The van der Waals surface area contributed by atoms with Crippen LogP contribution in [0.4, 0.5) is 0 Å². The van der Waals surface area contributed by atoms with Gasteiger partial charge in [0, 0.05) is 13.1 Å². The van der Waals surface area contributed by atoms with E-state index < -0.39 is 11.6 Å². The highest BCUT2D eigenvalue weighted by Gasteiger charge is 2.44. The molecule has 1 rings (SSSR count). The summed E-state index contributed by atoms with van der Waals surface area (Å²) >= 11 is 0. The highest BCUT2D eigenvalue weighted by atomic mass is 16.4. The van der Waals surface area contributed by atoms with Crippen molar-refractivity contribution in [3.8, 4) is 0 Å². The number of nitrogens with zero attached hydrogens (tertiary/aromatic N) is 1. The van der Waals surface area contributed by atoms with Crippen molar-refractivity contribution in [2.24, 2.45) is 11.8 Å². The molecule has 0 aliphatic carbocycles. The maximum absolute atomic E-state index is 10.7. The van der Waals surface area contributed by atoms with E-state index in [1.165, 1.54) is 0 Å². The van der Waals surface area contributed by atoms with Crippen molar-refractivity contribution < 1.29 is 15.0 Å². The number of carbonyl (C=O) groups is 1. The number of likely N-dealkylation sites (tertiary alicyclic amines) is 1. The van der Waals surface area contributed by atoms with Gasteiger partial charge < -0.3 is 15.1 Å². The number of carboxylic acids is 1. The normalized spacial score (nSPS) is 39.7. The summed E-state index contributed by atoms with van der Waals surface area (Å²) in [5.74, 6) is -0.907. The molecule has 1 heterocycles. The Bertz CT molecular complexity index is 217. The van der Waals surface area contributed by atoms with Crippen LogP contribution in [0, 0.1) is 11.8 Å². The molecule has 0 saturated carbocycles. The van der Waals surface area contributed by atoms with Gasteiger partial charge >= 0.3 is 5.97 Å². The standard InChI is InChI=1S/C10H19NO3/c1-7-5-11(3)6-8(2)10(7,14)4-9(12)13/h7-8,14H,4-6H2,1-3H3,(H,12,13). The first-order valence-electron chi connectivity index (χ1n) is 4.99. The van der Waals surface area contributed by atoms with Crippen LogP contribution in [0.15, 0.2) is 0 Å². The van der Waals surface area contributed by atoms with E-state index >= 15 is 0 Å². The summed E-state index contributed by atoms with van der Waals surface area (Å²) in [6.45, 7) is 5.34. The molecule has 0 aromatic rings. The molecule has 0 spiro atoms. The van der Waals surface area contributed by atoms with Crippen molar-refractivity contribution in [2.45, 2.75) is 25.9 Å². The van der Waals surface area contributed by atoms with Crippen molar-refractivity contribution in [1.82, 2.24) is 4.90 Å². The molecule has 0 bridgehead atoms. The molecular formula is C10H19NO3. The molecule has 14 heavy (non-hydrogen) atoms. The van der Waals surface area contributed by atoms with Crippen LogP contribution in [0.3, 0.4) is 0 Å².